The maximum atomic E-state index is 14.3. The first-order valence-corrected chi connectivity index (χ1v) is 6.42. The van der Waals surface area contributed by atoms with Crippen molar-refractivity contribution in [3.8, 4) is 0 Å². The highest BCUT2D eigenvalue weighted by Gasteiger charge is 2.21. The molecule has 0 amide bonds. The Morgan fingerprint density at radius 1 is 1.24 bits per heavy atom. The lowest BCUT2D eigenvalue weighted by molar-refractivity contribution is 0.513. The second-order valence-electron chi connectivity index (χ2n) is 5.42. The first-order valence-electron chi connectivity index (χ1n) is 6.04. The van der Waals surface area contributed by atoms with E-state index in [4.69, 9.17) is 17.3 Å². The highest BCUT2D eigenvalue weighted by molar-refractivity contribution is 6.30. The molecule has 0 atom stereocenters. The third-order valence-electron chi connectivity index (χ3n) is 2.82. The zero-order chi connectivity index (χ0) is 13.1. The quantitative estimate of drug-likeness (QED) is 0.809. The van der Waals surface area contributed by atoms with Gasteiger partial charge in [0.15, 0.2) is 0 Å². The van der Waals surface area contributed by atoms with Gasteiger partial charge < -0.3 is 5.73 Å². The lowest BCUT2D eigenvalue weighted by Gasteiger charge is -2.21. The van der Waals surface area contributed by atoms with Gasteiger partial charge in [0.05, 0.1) is 0 Å². The van der Waals surface area contributed by atoms with Gasteiger partial charge in [0, 0.05) is 5.02 Å². The van der Waals surface area contributed by atoms with Crippen molar-refractivity contribution in [3.63, 3.8) is 0 Å². The lowest BCUT2D eigenvalue weighted by Crippen LogP contribution is -2.15. The van der Waals surface area contributed by atoms with Crippen LogP contribution in [0.4, 0.5) is 4.39 Å². The van der Waals surface area contributed by atoms with E-state index >= 15 is 0 Å². The van der Waals surface area contributed by atoms with E-state index in [-0.39, 0.29) is 11.2 Å². The number of benzene rings is 1. The first-order chi connectivity index (χ1) is 7.86. The molecule has 0 unspecified atom stereocenters. The summed E-state index contributed by atoms with van der Waals surface area (Å²) in [6.07, 6.45) is 2.51. The van der Waals surface area contributed by atoms with Crippen molar-refractivity contribution in [2.45, 2.75) is 45.4 Å². The fourth-order valence-corrected chi connectivity index (χ4v) is 2.07. The summed E-state index contributed by atoms with van der Waals surface area (Å²) in [5.41, 5.74) is 6.61. The first kappa shape index (κ1) is 14.5. The van der Waals surface area contributed by atoms with Crippen LogP contribution in [0.3, 0.4) is 0 Å². The predicted octanol–water partition coefficient (Wildman–Crippen LogP) is 4.06. The molecule has 0 fully saturated rings. The summed E-state index contributed by atoms with van der Waals surface area (Å²) in [6, 6.07) is 3.45. The van der Waals surface area contributed by atoms with Crippen LogP contribution in [0, 0.1) is 5.82 Å². The third kappa shape index (κ3) is 3.97. The van der Waals surface area contributed by atoms with Gasteiger partial charge in [0.25, 0.3) is 0 Å². The molecule has 0 saturated carbocycles. The van der Waals surface area contributed by atoms with Gasteiger partial charge in [-0.15, -0.1) is 0 Å². The number of unbranched alkanes of at least 4 members (excludes halogenated alkanes) is 1. The molecule has 1 rings (SSSR count). The molecule has 0 aromatic heterocycles. The Hall–Kier alpha value is -0.600. The van der Waals surface area contributed by atoms with Crippen molar-refractivity contribution >= 4 is 11.6 Å². The van der Waals surface area contributed by atoms with Gasteiger partial charge in [0.1, 0.15) is 5.82 Å². The number of nitrogens with two attached hydrogens (primary N) is 1. The van der Waals surface area contributed by atoms with E-state index < -0.39 is 0 Å². The Morgan fingerprint density at radius 2 is 1.88 bits per heavy atom. The van der Waals surface area contributed by atoms with Crippen LogP contribution in [-0.4, -0.2) is 6.54 Å². The largest absolute Gasteiger partial charge is 0.330 e. The van der Waals surface area contributed by atoms with E-state index in [2.05, 4.69) is 0 Å². The number of halogens is 2. The molecule has 0 saturated heterocycles. The third-order valence-corrected chi connectivity index (χ3v) is 3.04. The van der Waals surface area contributed by atoms with Gasteiger partial charge in [-0.25, -0.2) is 4.39 Å². The second-order valence-corrected chi connectivity index (χ2v) is 5.86. The summed E-state index contributed by atoms with van der Waals surface area (Å²) in [6.45, 7) is 6.62. The van der Waals surface area contributed by atoms with Crippen LogP contribution in [0.2, 0.25) is 5.02 Å². The standard InChI is InChI=1S/C14H21ClFN/c1-14(2,3)12-9-11(15)8-10(13(12)16)6-4-5-7-17/h8-9H,4-7,17H2,1-3H3. The fourth-order valence-electron chi connectivity index (χ4n) is 1.83. The maximum absolute atomic E-state index is 14.3. The molecule has 0 aliphatic heterocycles. The summed E-state index contributed by atoms with van der Waals surface area (Å²) in [4.78, 5) is 0. The van der Waals surface area contributed by atoms with Gasteiger partial charge >= 0.3 is 0 Å². The molecular formula is C14H21ClFN. The normalized spacial score (nSPS) is 11.9. The Morgan fingerprint density at radius 3 is 2.41 bits per heavy atom. The maximum Gasteiger partial charge on any atom is 0.130 e. The smallest absolute Gasteiger partial charge is 0.130 e. The van der Waals surface area contributed by atoms with E-state index in [1.165, 1.54) is 0 Å². The minimum atomic E-state index is -0.225. The van der Waals surface area contributed by atoms with Crippen molar-refractivity contribution in [2.24, 2.45) is 5.73 Å². The highest BCUT2D eigenvalue weighted by Crippen LogP contribution is 2.30. The molecule has 3 heteroatoms. The molecule has 1 aromatic carbocycles. The minimum absolute atomic E-state index is 0.112. The van der Waals surface area contributed by atoms with Crippen LogP contribution >= 0.6 is 11.6 Å². The van der Waals surface area contributed by atoms with Crippen molar-refractivity contribution in [1.29, 1.82) is 0 Å². The molecule has 0 bridgehead atoms. The molecule has 0 heterocycles. The summed E-state index contributed by atoms with van der Waals surface area (Å²) in [5.74, 6) is -0.112. The van der Waals surface area contributed by atoms with Crippen molar-refractivity contribution < 1.29 is 4.39 Å². The topological polar surface area (TPSA) is 26.0 Å². The van der Waals surface area contributed by atoms with Crippen LogP contribution in [0.15, 0.2) is 12.1 Å². The van der Waals surface area contributed by atoms with Gasteiger partial charge in [0.2, 0.25) is 0 Å². The Kier molecular flexibility index (Phi) is 4.96. The molecule has 17 heavy (non-hydrogen) atoms. The summed E-state index contributed by atoms with van der Waals surface area (Å²) < 4.78 is 14.3. The van der Waals surface area contributed by atoms with E-state index in [0.29, 0.717) is 29.1 Å². The van der Waals surface area contributed by atoms with Gasteiger partial charge in [-0.3, -0.25) is 0 Å². The zero-order valence-corrected chi connectivity index (χ0v) is 11.6. The SMILES string of the molecule is CC(C)(C)c1cc(Cl)cc(CCCCN)c1F. The molecule has 0 aliphatic rings. The molecule has 0 spiro atoms. The number of aryl methyl sites for hydroxylation is 1. The van der Waals surface area contributed by atoms with Gasteiger partial charge in [-0.2, -0.15) is 0 Å². The molecule has 2 N–H and O–H groups in total. The van der Waals surface area contributed by atoms with E-state index in [1.807, 2.05) is 20.8 Å². The van der Waals surface area contributed by atoms with Crippen LogP contribution in [0.1, 0.15) is 44.7 Å². The molecule has 1 nitrogen and oxygen atoms in total. The molecule has 96 valence electrons. The van der Waals surface area contributed by atoms with Crippen molar-refractivity contribution in [2.75, 3.05) is 6.54 Å². The fraction of sp³-hybridized carbons (Fsp3) is 0.571. The van der Waals surface area contributed by atoms with E-state index in [9.17, 15) is 4.39 Å². The molecule has 1 aromatic rings. The Bertz CT molecular complexity index is 383. The van der Waals surface area contributed by atoms with Crippen LogP contribution in [0.5, 0.6) is 0 Å². The number of hydrogen-bond acceptors (Lipinski definition) is 1. The molecule has 0 radical (unpaired) electrons. The van der Waals surface area contributed by atoms with Gasteiger partial charge in [-0.05, 0) is 54.5 Å². The monoisotopic (exact) mass is 257 g/mol. The number of rotatable bonds is 4. The van der Waals surface area contributed by atoms with Gasteiger partial charge in [-0.1, -0.05) is 32.4 Å². The Balaban J connectivity index is 3.02. The average Bonchev–Trinajstić information content (AvgIpc) is 2.21. The van der Waals surface area contributed by atoms with Crippen molar-refractivity contribution in [3.05, 3.63) is 34.1 Å². The van der Waals surface area contributed by atoms with Crippen LogP contribution < -0.4 is 5.73 Å². The molecule has 0 aliphatic carbocycles. The van der Waals surface area contributed by atoms with Crippen molar-refractivity contribution in [1.82, 2.24) is 0 Å². The minimum Gasteiger partial charge on any atom is -0.330 e. The molecular weight excluding hydrogens is 237 g/mol. The lowest BCUT2D eigenvalue weighted by atomic mass is 9.85. The average molecular weight is 258 g/mol. The predicted molar refractivity (Wildman–Crippen MR) is 72.1 cm³/mol. The highest BCUT2D eigenvalue weighted by atomic mass is 35.5. The second kappa shape index (κ2) is 5.83. The van der Waals surface area contributed by atoms with Crippen LogP contribution in [0.25, 0.3) is 0 Å². The Labute approximate surface area is 108 Å². The van der Waals surface area contributed by atoms with Crippen LogP contribution in [-0.2, 0) is 11.8 Å². The zero-order valence-electron chi connectivity index (χ0n) is 10.8. The number of hydrogen-bond donors (Lipinski definition) is 1. The summed E-state index contributed by atoms with van der Waals surface area (Å²) >= 11 is 6.05. The van der Waals surface area contributed by atoms with E-state index in [1.54, 1.807) is 12.1 Å². The van der Waals surface area contributed by atoms with E-state index in [0.717, 1.165) is 12.8 Å². The summed E-state index contributed by atoms with van der Waals surface area (Å²) in [5, 5.41) is 0.610. The summed E-state index contributed by atoms with van der Waals surface area (Å²) in [7, 11) is 0.